The minimum Gasteiger partial charge on any atom is -0.444 e. The van der Waals surface area contributed by atoms with Gasteiger partial charge in [0.05, 0.1) is 22.4 Å². The third-order valence-electron chi connectivity index (χ3n) is 3.70. The molecule has 0 saturated carbocycles. The van der Waals surface area contributed by atoms with Gasteiger partial charge in [-0.25, -0.2) is 4.79 Å². The van der Waals surface area contributed by atoms with Crippen molar-refractivity contribution in [2.75, 3.05) is 10.6 Å². The fourth-order valence-corrected chi connectivity index (χ4v) is 2.50. The normalized spacial score (nSPS) is 12.3. The number of halogens is 6. The number of carbonyl (C=O) groups is 2. The van der Waals surface area contributed by atoms with E-state index in [-0.39, 0.29) is 5.69 Å². The molecule has 2 aromatic carbocycles. The molecule has 0 atom stereocenters. The van der Waals surface area contributed by atoms with Gasteiger partial charge in [-0.05, 0) is 51.1 Å². The molecule has 0 aliphatic carbocycles. The van der Waals surface area contributed by atoms with Crippen LogP contribution >= 0.6 is 0 Å². The Kier molecular flexibility index (Phi) is 6.57. The SMILES string of the molecule is CC(C)(C)OC(=O)Nc1ccc(C(=O)Nc2ccccc2C(F)(F)F)c(C(F)(F)F)c1. The predicted molar refractivity (Wildman–Crippen MR) is 101 cm³/mol. The smallest absolute Gasteiger partial charge is 0.418 e. The maximum Gasteiger partial charge on any atom is 0.418 e. The molecule has 0 bridgehead atoms. The van der Waals surface area contributed by atoms with Crippen molar-refractivity contribution in [2.45, 2.75) is 38.7 Å². The molecule has 0 radical (unpaired) electrons. The Bertz CT molecular complexity index is 978. The summed E-state index contributed by atoms with van der Waals surface area (Å²) >= 11 is 0. The van der Waals surface area contributed by atoms with Gasteiger partial charge in [-0.3, -0.25) is 10.1 Å². The molecule has 168 valence electrons. The number of nitrogens with one attached hydrogen (secondary N) is 2. The molecule has 0 aliphatic rings. The Balaban J connectivity index is 2.37. The number of anilines is 2. The summed E-state index contributed by atoms with van der Waals surface area (Å²) in [5, 5.41) is 3.98. The fraction of sp³-hybridized carbons (Fsp3) is 0.300. The molecule has 2 rings (SSSR count). The van der Waals surface area contributed by atoms with Gasteiger partial charge in [0.15, 0.2) is 0 Å². The van der Waals surface area contributed by atoms with Crippen LogP contribution in [0.5, 0.6) is 0 Å². The van der Waals surface area contributed by atoms with Crippen molar-refractivity contribution in [3.8, 4) is 0 Å². The van der Waals surface area contributed by atoms with Gasteiger partial charge in [-0.1, -0.05) is 12.1 Å². The third-order valence-corrected chi connectivity index (χ3v) is 3.70. The standard InChI is InChI=1S/C20H18F6N2O3/c1-18(2,3)31-17(30)27-11-8-9-12(14(10-11)20(24,25)26)16(29)28-15-7-5-4-6-13(15)19(21,22)23/h4-10H,1-3H3,(H,27,30)(H,28,29). The van der Waals surface area contributed by atoms with E-state index in [9.17, 15) is 35.9 Å². The van der Waals surface area contributed by atoms with Gasteiger partial charge in [0.25, 0.3) is 5.91 Å². The number of carbonyl (C=O) groups excluding carboxylic acids is 2. The van der Waals surface area contributed by atoms with Crippen LogP contribution < -0.4 is 10.6 Å². The first-order valence-corrected chi connectivity index (χ1v) is 8.77. The van der Waals surface area contributed by atoms with Gasteiger partial charge in [0.1, 0.15) is 5.60 Å². The Hall–Kier alpha value is -3.24. The minimum atomic E-state index is -5.03. The number of ether oxygens (including phenoxy) is 1. The number of hydrogen-bond donors (Lipinski definition) is 2. The topological polar surface area (TPSA) is 67.4 Å². The van der Waals surface area contributed by atoms with E-state index in [0.29, 0.717) is 12.1 Å². The second-order valence-corrected chi connectivity index (χ2v) is 7.38. The highest BCUT2D eigenvalue weighted by molar-refractivity contribution is 6.06. The zero-order valence-electron chi connectivity index (χ0n) is 16.5. The molecule has 11 heteroatoms. The largest absolute Gasteiger partial charge is 0.444 e. The van der Waals surface area contributed by atoms with Gasteiger partial charge in [0.2, 0.25) is 0 Å². The molecule has 0 saturated heterocycles. The quantitative estimate of drug-likeness (QED) is 0.540. The summed E-state index contributed by atoms with van der Waals surface area (Å²) in [4.78, 5) is 24.2. The van der Waals surface area contributed by atoms with Crippen molar-refractivity contribution in [2.24, 2.45) is 0 Å². The van der Waals surface area contributed by atoms with E-state index in [2.05, 4.69) is 5.32 Å². The molecule has 31 heavy (non-hydrogen) atoms. The first kappa shape index (κ1) is 24.0. The summed E-state index contributed by atoms with van der Waals surface area (Å²) in [5.41, 5.74) is -5.47. The second kappa shape index (κ2) is 8.48. The van der Waals surface area contributed by atoms with Crippen molar-refractivity contribution in [1.82, 2.24) is 0 Å². The molecule has 0 aromatic heterocycles. The third kappa shape index (κ3) is 6.63. The summed E-state index contributed by atoms with van der Waals surface area (Å²) in [5.74, 6) is -1.40. The van der Waals surface area contributed by atoms with Gasteiger partial charge < -0.3 is 10.1 Å². The molecular weight excluding hydrogens is 430 g/mol. The average molecular weight is 448 g/mol. The lowest BCUT2D eigenvalue weighted by molar-refractivity contribution is -0.138. The van der Waals surface area contributed by atoms with Gasteiger partial charge >= 0.3 is 18.4 Å². The zero-order valence-corrected chi connectivity index (χ0v) is 16.5. The summed E-state index contributed by atoms with van der Waals surface area (Å²) in [6.45, 7) is 4.67. The first-order valence-electron chi connectivity index (χ1n) is 8.77. The summed E-state index contributed by atoms with van der Waals surface area (Å²) in [7, 11) is 0. The van der Waals surface area contributed by atoms with Crippen LogP contribution in [0, 0.1) is 0 Å². The Morgan fingerprint density at radius 3 is 1.94 bits per heavy atom. The van der Waals surface area contributed by atoms with E-state index < -0.39 is 52.3 Å². The van der Waals surface area contributed by atoms with Crippen LogP contribution in [0.25, 0.3) is 0 Å². The van der Waals surface area contributed by atoms with Crippen LogP contribution in [0.2, 0.25) is 0 Å². The number of benzene rings is 2. The lowest BCUT2D eigenvalue weighted by Gasteiger charge is -2.20. The lowest BCUT2D eigenvalue weighted by Crippen LogP contribution is -2.27. The maximum absolute atomic E-state index is 13.5. The zero-order chi connectivity index (χ0) is 23.6. The molecule has 2 aromatic rings. The molecule has 5 nitrogen and oxygen atoms in total. The van der Waals surface area contributed by atoms with Crippen molar-refractivity contribution in [3.05, 3.63) is 59.2 Å². The molecule has 0 spiro atoms. The Labute approximate surface area is 173 Å². The van der Waals surface area contributed by atoms with Crippen molar-refractivity contribution >= 4 is 23.4 Å². The number of rotatable bonds is 3. The number of alkyl halides is 6. The predicted octanol–water partition coefficient (Wildman–Crippen LogP) is 6.32. The van der Waals surface area contributed by atoms with Crippen LogP contribution in [0.1, 0.15) is 42.3 Å². The summed E-state index contributed by atoms with van der Waals surface area (Å²) < 4.78 is 84.7. The Morgan fingerprint density at radius 1 is 0.806 bits per heavy atom. The van der Waals surface area contributed by atoms with Crippen LogP contribution in [-0.2, 0) is 17.1 Å². The van der Waals surface area contributed by atoms with E-state index in [4.69, 9.17) is 4.74 Å². The van der Waals surface area contributed by atoms with E-state index >= 15 is 0 Å². The number of hydrogen-bond acceptors (Lipinski definition) is 3. The second-order valence-electron chi connectivity index (χ2n) is 7.38. The van der Waals surface area contributed by atoms with Gasteiger partial charge in [0, 0.05) is 5.69 Å². The molecule has 0 heterocycles. The van der Waals surface area contributed by atoms with E-state index in [1.165, 1.54) is 6.07 Å². The Morgan fingerprint density at radius 2 is 1.39 bits per heavy atom. The van der Waals surface area contributed by atoms with Crippen LogP contribution in [0.4, 0.5) is 42.5 Å². The van der Waals surface area contributed by atoms with Crippen molar-refractivity contribution < 1.29 is 40.7 Å². The molecular formula is C20H18F6N2O3. The van der Waals surface area contributed by atoms with Crippen molar-refractivity contribution in [3.63, 3.8) is 0 Å². The van der Waals surface area contributed by atoms with E-state index in [1.54, 1.807) is 20.8 Å². The number of para-hydroxylation sites is 1. The summed E-state index contributed by atoms with van der Waals surface area (Å²) in [6, 6.07) is 6.14. The van der Waals surface area contributed by atoms with E-state index in [0.717, 1.165) is 24.3 Å². The van der Waals surface area contributed by atoms with Crippen molar-refractivity contribution in [1.29, 1.82) is 0 Å². The molecule has 0 unspecified atom stereocenters. The maximum atomic E-state index is 13.5. The summed E-state index contributed by atoms with van der Waals surface area (Å²) in [6.07, 6.45) is -10.9. The van der Waals surface area contributed by atoms with Crippen LogP contribution in [0.3, 0.4) is 0 Å². The fourth-order valence-electron chi connectivity index (χ4n) is 2.50. The lowest BCUT2D eigenvalue weighted by atomic mass is 10.0. The average Bonchev–Trinajstić information content (AvgIpc) is 2.58. The van der Waals surface area contributed by atoms with Gasteiger partial charge in [-0.2, -0.15) is 26.3 Å². The first-order chi connectivity index (χ1) is 14.1. The van der Waals surface area contributed by atoms with Crippen LogP contribution in [0.15, 0.2) is 42.5 Å². The van der Waals surface area contributed by atoms with Gasteiger partial charge in [-0.15, -0.1) is 0 Å². The molecule has 2 amide bonds. The number of amides is 2. The molecule has 0 fully saturated rings. The molecule has 0 aliphatic heterocycles. The van der Waals surface area contributed by atoms with Crippen LogP contribution in [-0.4, -0.2) is 17.6 Å². The monoisotopic (exact) mass is 448 g/mol. The van der Waals surface area contributed by atoms with E-state index in [1.807, 2.05) is 5.32 Å². The molecule has 2 N–H and O–H groups in total. The minimum absolute atomic E-state index is 0.311. The highest BCUT2D eigenvalue weighted by Gasteiger charge is 2.37. The highest BCUT2D eigenvalue weighted by atomic mass is 19.4. The highest BCUT2D eigenvalue weighted by Crippen LogP contribution is 2.37.